The number of methoxy groups -OCH3 is 1. The van der Waals surface area contributed by atoms with Crippen molar-refractivity contribution in [1.29, 1.82) is 5.26 Å². The second-order valence-electron chi connectivity index (χ2n) is 6.93. The first-order chi connectivity index (χ1) is 15.1. The molecule has 31 heavy (non-hydrogen) atoms. The van der Waals surface area contributed by atoms with Crippen LogP contribution in [0.2, 0.25) is 0 Å². The average Bonchev–Trinajstić information content (AvgIpc) is 3.23. The zero-order chi connectivity index (χ0) is 21.8. The van der Waals surface area contributed by atoms with Crippen molar-refractivity contribution in [1.82, 2.24) is 19.9 Å². The summed E-state index contributed by atoms with van der Waals surface area (Å²) in [5.74, 6) is 1.27. The first-order valence-corrected chi connectivity index (χ1v) is 9.98. The van der Waals surface area contributed by atoms with Crippen molar-refractivity contribution in [2.45, 2.75) is 6.92 Å². The Hall–Kier alpha value is -3.84. The van der Waals surface area contributed by atoms with Crippen molar-refractivity contribution in [3.8, 4) is 11.8 Å². The summed E-state index contributed by atoms with van der Waals surface area (Å²) >= 11 is 0. The van der Waals surface area contributed by atoms with Crippen molar-refractivity contribution >= 4 is 34.3 Å². The van der Waals surface area contributed by atoms with E-state index >= 15 is 0 Å². The second-order valence-corrected chi connectivity index (χ2v) is 6.93. The molecule has 0 aliphatic carbocycles. The molecular weight excluding hydrogens is 398 g/mol. The maximum atomic E-state index is 12.7. The smallest absolute Gasteiger partial charge is 0.255 e. The van der Waals surface area contributed by atoms with Gasteiger partial charge in [-0.3, -0.25) is 4.79 Å². The van der Waals surface area contributed by atoms with E-state index in [1.54, 1.807) is 17.2 Å². The molecule has 1 saturated heterocycles. The fourth-order valence-corrected chi connectivity index (χ4v) is 3.50. The number of hydrogen-bond acceptors (Lipinski definition) is 8. The first-order valence-electron chi connectivity index (χ1n) is 9.98. The number of amides is 1. The van der Waals surface area contributed by atoms with Crippen molar-refractivity contribution < 1.29 is 14.3 Å². The van der Waals surface area contributed by atoms with Crippen LogP contribution >= 0.6 is 0 Å². The lowest BCUT2D eigenvalue weighted by molar-refractivity contribution is 0.0302. The Morgan fingerprint density at radius 2 is 2.19 bits per heavy atom. The lowest BCUT2D eigenvalue weighted by Gasteiger charge is -2.27. The summed E-state index contributed by atoms with van der Waals surface area (Å²) in [4.78, 5) is 26.4. The van der Waals surface area contributed by atoms with Gasteiger partial charge in [0.25, 0.3) is 5.91 Å². The molecule has 0 atom stereocenters. The van der Waals surface area contributed by atoms with E-state index in [1.807, 2.05) is 13.0 Å². The minimum Gasteiger partial charge on any atom is -0.493 e. The largest absolute Gasteiger partial charge is 0.493 e. The molecule has 0 saturated carbocycles. The third kappa shape index (κ3) is 4.08. The van der Waals surface area contributed by atoms with Crippen LogP contribution < -0.4 is 15.4 Å². The number of carbonyl (C=O) groups excluding carboxylic acids is 1. The maximum absolute atomic E-state index is 12.7. The molecule has 0 bridgehead atoms. The molecule has 1 aliphatic heterocycles. The van der Waals surface area contributed by atoms with Crippen molar-refractivity contribution in [3.63, 3.8) is 0 Å². The predicted octanol–water partition coefficient (Wildman–Crippen LogP) is 2.49. The van der Waals surface area contributed by atoms with Gasteiger partial charge in [0.1, 0.15) is 17.5 Å². The summed E-state index contributed by atoms with van der Waals surface area (Å²) in [5.41, 5.74) is 2.33. The Bertz CT molecular complexity index is 1150. The number of ether oxygens (including phenoxy) is 2. The number of H-pyrrole nitrogens is 1. The topological polar surface area (TPSA) is 128 Å². The van der Waals surface area contributed by atoms with E-state index in [9.17, 15) is 10.1 Å². The molecule has 3 N–H and O–H groups in total. The number of anilines is 3. The molecule has 1 amide bonds. The van der Waals surface area contributed by atoms with Gasteiger partial charge in [0.15, 0.2) is 11.6 Å². The Labute approximate surface area is 179 Å². The molecule has 1 aliphatic rings. The molecule has 1 fully saturated rings. The van der Waals surface area contributed by atoms with Gasteiger partial charge in [-0.05, 0) is 13.0 Å². The summed E-state index contributed by atoms with van der Waals surface area (Å²) < 4.78 is 10.8. The van der Waals surface area contributed by atoms with E-state index in [1.165, 1.54) is 13.3 Å². The molecule has 4 rings (SSSR count). The molecule has 160 valence electrons. The first kappa shape index (κ1) is 20.4. The van der Waals surface area contributed by atoms with E-state index in [0.29, 0.717) is 67.0 Å². The molecule has 0 radical (unpaired) electrons. The van der Waals surface area contributed by atoms with Gasteiger partial charge in [0.05, 0.1) is 42.5 Å². The molecule has 0 unspecified atom stereocenters. The summed E-state index contributed by atoms with van der Waals surface area (Å²) in [6.45, 7) is 4.84. The van der Waals surface area contributed by atoms with Crippen molar-refractivity contribution in [2.75, 3.05) is 50.6 Å². The Morgan fingerprint density at radius 3 is 2.90 bits per heavy atom. The number of aromatic amines is 1. The Kier molecular flexibility index (Phi) is 5.86. The van der Waals surface area contributed by atoms with Crippen LogP contribution in [0.3, 0.4) is 0 Å². The van der Waals surface area contributed by atoms with Gasteiger partial charge in [0.2, 0.25) is 0 Å². The van der Waals surface area contributed by atoms with Crippen LogP contribution in [0.1, 0.15) is 22.8 Å². The van der Waals surface area contributed by atoms with E-state index in [2.05, 4.69) is 31.7 Å². The molecule has 0 aromatic carbocycles. The number of nitriles is 1. The highest BCUT2D eigenvalue weighted by molar-refractivity contribution is 5.97. The number of hydrogen-bond donors (Lipinski definition) is 3. The van der Waals surface area contributed by atoms with Crippen LogP contribution in [0.25, 0.3) is 11.0 Å². The Morgan fingerprint density at radius 1 is 1.39 bits per heavy atom. The second kappa shape index (κ2) is 8.89. The SMILES string of the molecule is CCNc1cc(Nc2ncc(C(=O)N3CCOCC3)cc2OC)nc2[nH]cc(C#N)c12. The quantitative estimate of drug-likeness (QED) is 0.554. The minimum atomic E-state index is -0.106. The van der Waals surface area contributed by atoms with Crippen LogP contribution in [-0.2, 0) is 4.74 Å². The van der Waals surface area contributed by atoms with E-state index in [-0.39, 0.29) is 5.91 Å². The van der Waals surface area contributed by atoms with Crippen LogP contribution in [0, 0.1) is 11.3 Å². The predicted molar refractivity (Wildman–Crippen MR) is 116 cm³/mol. The lowest BCUT2D eigenvalue weighted by atomic mass is 10.2. The number of aromatic nitrogens is 3. The summed E-state index contributed by atoms with van der Waals surface area (Å²) in [5, 5.41) is 16.5. The number of pyridine rings is 2. The van der Waals surface area contributed by atoms with E-state index in [4.69, 9.17) is 9.47 Å². The number of morpholine rings is 1. The van der Waals surface area contributed by atoms with Gasteiger partial charge in [-0.1, -0.05) is 0 Å². The van der Waals surface area contributed by atoms with Gasteiger partial charge < -0.3 is 30.0 Å². The Balaban J connectivity index is 1.63. The molecular formula is C21H23N7O3. The molecule has 3 aromatic rings. The van der Waals surface area contributed by atoms with Crippen molar-refractivity contribution in [2.24, 2.45) is 0 Å². The lowest BCUT2D eigenvalue weighted by Crippen LogP contribution is -2.40. The number of nitrogens with zero attached hydrogens (tertiary/aromatic N) is 4. The normalized spacial score (nSPS) is 13.6. The fourth-order valence-electron chi connectivity index (χ4n) is 3.50. The molecule has 10 nitrogen and oxygen atoms in total. The number of nitrogens with one attached hydrogen (secondary N) is 3. The third-order valence-corrected chi connectivity index (χ3v) is 4.99. The maximum Gasteiger partial charge on any atom is 0.255 e. The standard InChI is InChI=1S/C21H23N7O3/c1-3-23-15-9-17(27-20-18(15)14(10-22)12-25-20)26-19-16(30-2)8-13(11-24-19)21(29)28-4-6-31-7-5-28/h8-9,11-12H,3-7H2,1-2H3,(H3,23,24,25,26,27). The molecule has 4 heterocycles. The van der Waals surface area contributed by atoms with Gasteiger partial charge in [-0.25, -0.2) is 9.97 Å². The average molecular weight is 421 g/mol. The highest BCUT2D eigenvalue weighted by Gasteiger charge is 2.21. The third-order valence-electron chi connectivity index (χ3n) is 4.99. The summed E-state index contributed by atoms with van der Waals surface area (Å²) in [6, 6.07) is 5.65. The fraction of sp³-hybridized carbons (Fsp3) is 0.333. The van der Waals surface area contributed by atoms with Crippen LogP contribution in [-0.4, -0.2) is 65.7 Å². The van der Waals surface area contributed by atoms with Crippen molar-refractivity contribution in [3.05, 3.63) is 35.7 Å². The van der Waals surface area contributed by atoms with Crippen LogP contribution in [0.4, 0.5) is 17.3 Å². The van der Waals surface area contributed by atoms with Crippen LogP contribution in [0.15, 0.2) is 24.5 Å². The molecule has 10 heteroatoms. The van der Waals surface area contributed by atoms with E-state index < -0.39 is 0 Å². The van der Waals surface area contributed by atoms with Gasteiger partial charge in [-0.15, -0.1) is 0 Å². The monoisotopic (exact) mass is 421 g/mol. The van der Waals surface area contributed by atoms with Gasteiger partial charge >= 0.3 is 0 Å². The summed E-state index contributed by atoms with van der Waals surface area (Å²) in [6.07, 6.45) is 3.15. The van der Waals surface area contributed by atoms with Gasteiger partial charge in [0, 0.05) is 38.1 Å². The van der Waals surface area contributed by atoms with Crippen LogP contribution in [0.5, 0.6) is 5.75 Å². The number of rotatable bonds is 6. The molecule has 0 spiro atoms. The zero-order valence-electron chi connectivity index (χ0n) is 17.4. The zero-order valence-corrected chi connectivity index (χ0v) is 17.4. The molecule has 3 aromatic heterocycles. The highest BCUT2D eigenvalue weighted by Crippen LogP contribution is 2.31. The number of carbonyl (C=O) groups is 1. The van der Waals surface area contributed by atoms with Gasteiger partial charge in [-0.2, -0.15) is 5.26 Å². The minimum absolute atomic E-state index is 0.106. The highest BCUT2D eigenvalue weighted by atomic mass is 16.5. The number of fused-ring (bicyclic) bond motifs is 1. The van der Waals surface area contributed by atoms with E-state index in [0.717, 1.165) is 11.1 Å². The summed E-state index contributed by atoms with van der Waals surface area (Å²) in [7, 11) is 1.52.